The third-order valence-electron chi connectivity index (χ3n) is 3.70. The second-order valence-corrected chi connectivity index (χ2v) is 6.28. The summed E-state index contributed by atoms with van der Waals surface area (Å²) in [6.07, 6.45) is 6.01. The van der Waals surface area contributed by atoms with Crippen LogP contribution in [0.15, 0.2) is 18.2 Å². The quantitative estimate of drug-likeness (QED) is 0.567. The van der Waals surface area contributed by atoms with E-state index in [1.165, 1.54) is 31.2 Å². The van der Waals surface area contributed by atoms with E-state index in [0.29, 0.717) is 17.0 Å². The predicted octanol–water partition coefficient (Wildman–Crippen LogP) is 6.25. The van der Waals surface area contributed by atoms with Gasteiger partial charge in [-0.05, 0) is 49.4 Å². The minimum atomic E-state index is 0.333. The first kappa shape index (κ1) is 17.8. The summed E-state index contributed by atoms with van der Waals surface area (Å²) in [5.74, 6) is 0.634. The van der Waals surface area contributed by atoms with Gasteiger partial charge in [0, 0.05) is 16.1 Å². The number of rotatable bonds is 9. The summed E-state index contributed by atoms with van der Waals surface area (Å²) in [7, 11) is 0. The van der Waals surface area contributed by atoms with Gasteiger partial charge in [0.1, 0.15) is 0 Å². The van der Waals surface area contributed by atoms with Gasteiger partial charge in [0.15, 0.2) is 0 Å². The van der Waals surface area contributed by atoms with Gasteiger partial charge < -0.3 is 5.32 Å². The maximum atomic E-state index is 6.42. The third kappa shape index (κ3) is 5.27. The Labute approximate surface area is 134 Å². The second-order valence-electron chi connectivity index (χ2n) is 5.44. The van der Waals surface area contributed by atoms with Crippen LogP contribution in [0.5, 0.6) is 0 Å². The molecule has 0 aromatic heterocycles. The van der Waals surface area contributed by atoms with Gasteiger partial charge in [-0.1, -0.05) is 62.9 Å². The highest BCUT2D eigenvalue weighted by Gasteiger charge is 2.23. The van der Waals surface area contributed by atoms with E-state index in [2.05, 4.69) is 32.2 Å². The molecule has 0 aliphatic rings. The minimum absolute atomic E-state index is 0.333. The van der Waals surface area contributed by atoms with Gasteiger partial charge in [-0.15, -0.1) is 0 Å². The molecule has 1 atom stereocenters. The molecular weight excluding hydrogens is 289 g/mol. The highest BCUT2D eigenvalue weighted by Crippen LogP contribution is 2.34. The smallest absolute Gasteiger partial charge is 0.0468 e. The van der Waals surface area contributed by atoms with Crippen molar-refractivity contribution >= 4 is 23.2 Å². The van der Waals surface area contributed by atoms with Gasteiger partial charge in [0.2, 0.25) is 0 Å². The number of halogens is 2. The van der Waals surface area contributed by atoms with Gasteiger partial charge in [0.05, 0.1) is 0 Å². The van der Waals surface area contributed by atoms with Crippen LogP contribution in [0.3, 0.4) is 0 Å². The molecule has 0 aliphatic carbocycles. The summed E-state index contributed by atoms with van der Waals surface area (Å²) in [6, 6.07) is 6.21. The Morgan fingerprint density at radius 3 is 2.15 bits per heavy atom. The lowest BCUT2D eigenvalue weighted by Gasteiger charge is -2.29. The fourth-order valence-corrected chi connectivity index (χ4v) is 3.33. The van der Waals surface area contributed by atoms with Gasteiger partial charge in [-0.2, -0.15) is 0 Å². The zero-order chi connectivity index (χ0) is 15.0. The molecule has 3 heteroatoms. The SMILES string of the molecule is CCCNC(c1ccc(Cl)cc1Cl)C(CCC)CCC. The van der Waals surface area contributed by atoms with Crippen molar-refractivity contribution in [3.8, 4) is 0 Å². The fourth-order valence-electron chi connectivity index (χ4n) is 2.80. The lowest BCUT2D eigenvalue weighted by atomic mass is 9.86. The molecule has 0 heterocycles. The maximum absolute atomic E-state index is 6.42. The lowest BCUT2D eigenvalue weighted by molar-refractivity contribution is 0.316. The Hall–Kier alpha value is -0.240. The Bertz CT molecular complexity index is 387. The highest BCUT2D eigenvalue weighted by molar-refractivity contribution is 6.35. The van der Waals surface area contributed by atoms with E-state index in [9.17, 15) is 0 Å². The molecule has 1 aromatic rings. The molecule has 0 saturated heterocycles. The first-order chi connectivity index (χ1) is 9.63. The first-order valence-corrected chi connectivity index (χ1v) is 8.57. The average Bonchev–Trinajstić information content (AvgIpc) is 2.41. The zero-order valence-electron chi connectivity index (χ0n) is 12.9. The molecule has 1 nitrogen and oxygen atoms in total. The van der Waals surface area contributed by atoms with E-state index in [4.69, 9.17) is 23.2 Å². The number of benzene rings is 1. The molecule has 20 heavy (non-hydrogen) atoms. The minimum Gasteiger partial charge on any atom is -0.310 e. The van der Waals surface area contributed by atoms with Gasteiger partial charge in [-0.25, -0.2) is 0 Å². The fraction of sp³-hybridized carbons (Fsp3) is 0.647. The van der Waals surface area contributed by atoms with Crippen LogP contribution in [-0.2, 0) is 0 Å². The van der Waals surface area contributed by atoms with Crippen molar-refractivity contribution in [2.45, 2.75) is 58.9 Å². The van der Waals surface area contributed by atoms with Crippen LogP contribution in [0.4, 0.5) is 0 Å². The Balaban J connectivity index is 3.01. The monoisotopic (exact) mass is 315 g/mol. The molecular formula is C17H27Cl2N. The molecule has 0 spiro atoms. The molecule has 1 unspecified atom stereocenters. The number of nitrogens with one attached hydrogen (secondary N) is 1. The Morgan fingerprint density at radius 2 is 1.65 bits per heavy atom. The number of hydrogen-bond acceptors (Lipinski definition) is 1. The molecule has 0 aliphatic heterocycles. The predicted molar refractivity (Wildman–Crippen MR) is 90.8 cm³/mol. The first-order valence-electron chi connectivity index (χ1n) is 7.82. The van der Waals surface area contributed by atoms with E-state index >= 15 is 0 Å². The van der Waals surface area contributed by atoms with E-state index in [1.54, 1.807) is 0 Å². The van der Waals surface area contributed by atoms with E-state index in [1.807, 2.05) is 12.1 Å². The van der Waals surface area contributed by atoms with Crippen LogP contribution in [-0.4, -0.2) is 6.54 Å². The second kappa shape index (κ2) is 9.65. The van der Waals surface area contributed by atoms with Crippen molar-refractivity contribution in [1.82, 2.24) is 5.32 Å². The van der Waals surface area contributed by atoms with Crippen molar-refractivity contribution < 1.29 is 0 Å². The van der Waals surface area contributed by atoms with Crippen molar-refractivity contribution in [1.29, 1.82) is 0 Å². The molecule has 1 rings (SSSR count). The Morgan fingerprint density at radius 1 is 1.00 bits per heavy atom. The van der Waals surface area contributed by atoms with Crippen LogP contribution in [0.1, 0.15) is 64.5 Å². The standard InChI is InChI=1S/C17H27Cl2N/c1-4-7-13(8-5-2)17(20-11-6-3)15-10-9-14(18)12-16(15)19/h9-10,12-13,17,20H,4-8,11H2,1-3H3. The zero-order valence-corrected chi connectivity index (χ0v) is 14.4. The molecule has 1 aromatic carbocycles. The van der Waals surface area contributed by atoms with Crippen molar-refractivity contribution in [2.24, 2.45) is 5.92 Å². The summed E-state index contributed by atoms with van der Waals surface area (Å²) >= 11 is 12.4. The van der Waals surface area contributed by atoms with Gasteiger partial charge >= 0.3 is 0 Å². The lowest BCUT2D eigenvalue weighted by Crippen LogP contribution is -2.29. The van der Waals surface area contributed by atoms with Crippen molar-refractivity contribution in [3.63, 3.8) is 0 Å². The largest absolute Gasteiger partial charge is 0.310 e. The van der Waals surface area contributed by atoms with Crippen LogP contribution < -0.4 is 5.32 Å². The maximum Gasteiger partial charge on any atom is 0.0468 e. The third-order valence-corrected chi connectivity index (χ3v) is 4.26. The average molecular weight is 316 g/mol. The van der Waals surface area contributed by atoms with Gasteiger partial charge in [-0.3, -0.25) is 0 Å². The Kier molecular flexibility index (Phi) is 8.60. The van der Waals surface area contributed by atoms with Crippen LogP contribution in [0.2, 0.25) is 10.0 Å². The van der Waals surface area contributed by atoms with Crippen LogP contribution in [0.25, 0.3) is 0 Å². The highest BCUT2D eigenvalue weighted by atomic mass is 35.5. The summed E-state index contributed by atoms with van der Waals surface area (Å²) in [4.78, 5) is 0. The molecule has 0 saturated carbocycles. The summed E-state index contributed by atoms with van der Waals surface area (Å²) < 4.78 is 0. The molecule has 1 N–H and O–H groups in total. The normalized spacial score (nSPS) is 12.9. The summed E-state index contributed by atoms with van der Waals surface area (Å²) in [5, 5.41) is 5.17. The van der Waals surface area contributed by atoms with E-state index in [0.717, 1.165) is 18.0 Å². The van der Waals surface area contributed by atoms with E-state index < -0.39 is 0 Å². The molecule has 0 amide bonds. The molecule has 0 radical (unpaired) electrons. The summed E-state index contributed by atoms with van der Waals surface area (Å²) in [5.41, 5.74) is 1.19. The summed E-state index contributed by atoms with van der Waals surface area (Å²) in [6.45, 7) is 7.72. The van der Waals surface area contributed by atoms with Crippen molar-refractivity contribution in [3.05, 3.63) is 33.8 Å². The van der Waals surface area contributed by atoms with Gasteiger partial charge in [0.25, 0.3) is 0 Å². The molecule has 114 valence electrons. The number of hydrogen-bond donors (Lipinski definition) is 1. The topological polar surface area (TPSA) is 12.0 Å². The molecule has 0 bridgehead atoms. The van der Waals surface area contributed by atoms with Crippen molar-refractivity contribution in [2.75, 3.05) is 6.54 Å². The molecule has 0 fully saturated rings. The van der Waals surface area contributed by atoms with E-state index in [-0.39, 0.29) is 0 Å². The van der Waals surface area contributed by atoms with Crippen LogP contribution >= 0.6 is 23.2 Å². The van der Waals surface area contributed by atoms with Crippen LogP contribution in [0, 0.1) is 5.92 Å².